The lowest BCUT2D eigenvalue weighted by atomic mass is 9.78. The fourth-order valence-electron chi connectivity index (χ4n) is 12.0. The highest BCUT2D eigenvalue weighted by molar-refractivity contribution is 6.04. The van der Waals surface area contributed by atoms with E-state index in [0.717, 1.165) is 112 Å². The second kappa shape index (κ2) is 25.5. The number of hydrogen-bond acceptors (Lipinski definition) is 10. The van der Waals surface area contributed by atoms with Gasteiger partial charge in [-0.2, -0.15) is 0 Å². The molecule has 90 heavy (non-hydrogen) atoms. The molecule has 10 nitrogen and oxygen atoms in total. The number of benzene rings is 9. The van der Waals surface area contributed by atoms with Gasteiger partial charge in [0, 0.05) is 117 Å². The molecule has 2 heterocycles. The summed E-state index contributed by atoms with van der Waals surface area (Å²) < 4.78 is 14.4. The third-order valence-electron chi connectivity index (χ3n) is 17.2. The number of nitrogens with zero attached hydrogens (tertiary/aromatic N) is 5. The molecular weight excluding hydrogens is 1110 g/mol. The monoisotopic (exact) mass is 1190 g/mol. The second-order valence-corrected chi connectivity index (χ2v) is 24.7. The van der Waals surface area contributed by atoms with Crippen molar-refractivity contribution in [1.82, 2.24) is 5.32 Å². The number of anilines is 5. The zero-order chi connectivity index (χ0) is 63.6. The third kappa shape index (κ3) is 12.6. The Kier molecular flexibility index (Phi) is 17.4. The van der Waals surface area contributed by atoms with Crippen LogP contribution in [-0.4, -0.2) is 89.5 Å². The molecule has 10 heteroatoms. The summed E-state index contributed by atoms with van der Waals surface area (Å²) in [4.78, 5) is 41.5. The molecule has 11 rings (SSSR count). The van der Waals surface area contributed by atoms with Gasteiger partial charge in [0.2, 0.25) is 0 Å². The summed E-state index contributed by atoms with van der Waals surface area (Å²) in [5, 5.41) is 3.30. The summed E-state index contributed by atoms with van der Waals surface area (Å²) >= 11 is 0. The van der Waals surface area contributed by atoms with E-state index in [9.17, 15) is 0 Å². The maximum atomic E-state index is 15.5. The maximum Gasteiger partial charge on any atom is 0.340 e. The Morgan fingerprint density at radius 1 is 0.344 bits per heavy atom. The lowest BCUT2D eigenvalue weighted by Gasteiger charge is -2.29. The SMILES string of the molecule is CNCc1ccc(/C(=C\C2(C=C(c3ccc(N(C)C)cc3)c3ccc(N(C)C)cc3)OC(=O)c3cc4c(cc32)C(C=C(c2ccc(N(C)C)cc2)c2ccc(N(C)C)cc2)(/C=C(/c2ccc(C)cc2)c2ccc(N(C)C)cc2)OC4=O)c2ccc(C)cc2)cc1. The molecule has 1 N–H and O–H groups in total. The van der Waals surface area contributed by atoms with Crippen LogP contribution in [0.15, 0.2) is 231 Å². The number of carbonyl (C=O) groups excluding carboxylic acids is 2. The normalized spacial score (nSPS) is 15.9. The van der Waals surface area contributed by atoms with Gasteiger partial charge in [-0.3, -0.25) is 0 Å². The van der Waals surface area contributed by atoms with Crippen LogP contribution in [0.1, 0.15) is 93.0 Å². The van der Waals surface area contributed by atoms with Gasteiger partial charge in [-0.05, 0) is 190 Å². The average molecular weight is 1190 g/mol. The van der Waals surface area contributed by atoms with Gasteiger partial charge >= 0.3 is 11.9 Å². The molecule has 9 aromatic carbocycles. The summed E-state index contributed by atoms with van der Waals surface area (Å²) in [6.07, 6.45) is 8.45. The molecule has 0 amide bonds. The van der Waals surface area contributed by atoms with Crippen LogP contribution >= 0.6 is 0 Å². The average Bonchev–Trinajstić information content (AvgIpc) is 1.54. The van der Waals surface area contributed by atoms with Gasteiger partial charge in [-0.25, -0.2) is 9.59 Å². The molecular formula is C80H80N6O4. The smallest absolute Gasteiger partial charge is 0.340 e. The van der Waals surface area contributed by atoms with E-state index < -0.39 is 23.1 Å². The van der Waals surface area contributed by atoms with Gasteiger partial charge in [0.05, 0.1) is 11.1 Å². The number of rotatable bonds is 19. The van der Waals surface area contributed by atoms with Crippen LogP contribution in [-0.2, 0) is 27.2 Å². The molecule has 2 atom stereocenters. The minimum atomic E-state index is -1.63. The molecule has 0 aliphatic carbocycles. The predicted molar refractivity (Wildman–Crippen MR) is 374 cm³/mol. The van der Waals surface area contributed by atoms with Gasteiger partial charge < -0.3 is 39.3 Å². The topological polar surface area (TPSA) is 80.8 Å². The van der Waals surface area contributed by atoms with Crippen molar-refractivity contribution in [1.29, 1.82) is 0 Å². The summed E-state index contributed by atoms with van der Waals surface area (Å²) in [6, 6.07) is 71.6. The van der Waals surface area contributed by atoms with Crippen LogP contribution in [0.4, 0.5) is 28.4 Å². The molecule has 2 aliphatic rings. The largest absolute Gasteiger partial charge is 0.442 e. The Labute approximate surface area is 532 Å². The quantitative estimate of drug-likeness (QED) is 0.0791. The first-order chi connectivity index (χ1) is 43.2. The van der Waals surface area contributed by atoms with Crippen molar-refractivity contribution in [3.8, 4) is 0 Å². The maximum absolute atomic E-state index is 15.5. The van der Waals surface area contributed by atoms with Gasteiger partial charge in [-0.15, -0.1) is 0 Å². The van der Waals surface area contributed by atoms with E-state index in [1.165, 1.54) is 0 Å². The summed E-state index contributed by atoms with van der Waals surface area (Å²) in [6.45, 7) is 4.86. The number of fused-ring (bicyclic) bond motifs is 2. The first-order valence-electron chi connectivity index (χ1n) is 30.6. The molecule has 2 aliphatic heterocycles. The predicted octanol–water partition coefficient (Wildman–Crippen LogP) is 15.6. The molecule has 0 aromatic heterocycles. The number of aryl methyl sites for hydroxylation is 2. The van der Waals surface area contributed by atoms with E-state index in [1.54, 1.807) is 6.07 Å². The van der Waals surface area contributed by atoms with Gasteiger partial charge in [0.1, 0.15) is 0 Å². The van der Waals surface area contributed by atoms with E-state index in [2.05, 4.69) is 262 Å². The zero-order valence-corrected chi connectivity index (χ0v) is 54.0. The van der Waals surface area contributed by atoms with Gasteiger partial charge in [0.15, 0.2) is 11.2 Å². The Morgan fingerprint density at radius 3 is 0.789 bits per heavy atom. The van der Waals surface area contributed by atoms with E-state index in [4.69, 9.17) is 9.47 Å². The molecule has 0 saturated carbocycles. The number of esters is 2. The standard InChI is InChI=1S/C80H80N6O4/c1-53-14-20-56(21-15-53)71(58-24-18-55(19-25-58)52-81-3)48-79(50-73(60-28-38-65(39-29-60)83(6)7)61-30-40-66(41-31-61)84(8)9)75-47-76-70(46-69(75)77(87)89-79)78(88)90-80(76,49-72(57-22-16-54(2)17-23-57)59-26-36-64(37-27-59)82(4)5)51-74(62-32-42-67(43-33-62)85(10)11)63-34-44-68(45-35-63)86(12)13/h14-51,81H,52H2,1-13H3/b71-48-,72-49-. The Balaban J connectivity index is 1.29. The summed E-state index contributed by atoms with van der Waals surface area (Å²) in [5.41, 5.74) is 17.6. The molecule has 0 spiro atoms. The van der Waals surface area contributed by atoms with Crippen LogP contribution in [0.25, 0.3) is 22.3 Å². The third-order valence-corrected chi connectivity index (χ3v) is 17.2. The zero-order valence-electron chi connectivity index (χ0n) is 54.0. The first-order valence-corrected chi connectivity index (χ1v) is 30.6. The molecule has 0 radical (unpaired) electrons. The van der Waals surface area contributed by atoms with E-state index in [-0.39, 0.29) is 11.1 Å². The van der Waals surface area contributed by atoms with Gasteiger partial charge in [0.25, 0.3) is 0 Å². The number of hydrogen-bond donors (Lipinski definition) is 1. The first kappa shape index (κ1) is 61.5. The van der Waals surface area contributed by atoms with E-state index in [0.29, 0.717) is 17.7 Å². The van der Waals surface area contributed by atoms with E-state index >= 15 is 9.59 Å². The molecule has 454 valence electrons. The number of nitrogens with one attached hydrogen (secondary N) is 1. The molecule has 0 saturated heterocycles. The highest BCUT2D eigenvalue weighted by Gasteiger charge is 2.50. The molecule has 9 aromatic rings. The van der Waals surface area contributed by atoms with Crippen LogP contribution in [0.5, 0.6) is 0 Å². The minimum Gasteiger partial charge on any atom is -0.442 e. The molecule has 2 unspecified atom stereocenters. The number of ether oxygens (including phenoxy) is 2. The summed E-state index contributed by atoms with van der Waals surface area (Å²) in [7, 11) is 22.3. The fraction of sp³-hybridized carbons (Fsp3) is 0.200. The van der Waals surface area contributed by atoms with Crippen molar-refractivity contribution in [3.63, 3.8) is 0 Å². The Bertz CT molecular complexity index is 4110. The molecule has 0 fully saturated rings. The van der Waals surface area contributed by atoms with Crippen molar-refractivity contribution in [2.45, 2.75) is 31.6 Å². The van der Waals surface area contributed by atoms with Gasteiger partial charge in [-0.1, -0.05) is 145 Å². The second-order valence-electron chi connectivity index (χ2n) is 24.7. The van der Waals surface area contributed by atoms with E-state index in [1.807, 2.05) is 83.6 Å². The Morgan fingerprint density at radius 2 is 0.567 bits per heavy atom. The lowest BCUT2D eigenvalue weighted by molar-refractivity contribution is 0.0294. The van der Waals surface area contributed by atoms with Crippen LogP contribution in [0.2, 0.25) is 0 Å². The van der Waals surface area contributed by atoms with Crippen molar-refractivity contribution in [2.75, 3.05) is 102 Å². The minimum absolute atomic E-state index is 0.260. The van der Waals surface area contributed by atoms with Crippen LogP contribution in [0.3, 0.4) is 0 Å². The Hall–Kier alpha value is -10.2. The number of cyclic esters (lactones) is 2. The summed E-state index contributed by atoms with van der Waals surface area (Å²) in [5.74, 6) is -1.14. The highest BCUT2D eigenvalue weighted by atomic mass is 16.6. The van der Waals surface area contributed by atoms with Crippen LogP contribution < -0.4 is 29.8 Å². The number of carbonyl (C=O) groups is 2. The van der Waals surface area contributed by atoms with Crippen molar-refractivity contribution >= 4 is 62.7 Å². The fourth-order valence-corrected chi connectivity index (χ4v) is 12.0. The van der Waals surface area contributed by atoms with Crippen LogP contribution in [0, 0.1) is 13.8 Å². The molecule has 0 bridgehead atoms. The highest BCUT2D eigenvalue weighted by Crippen LogP contribution is 2.52. The van der Waals surface area contributed by atoms with Crippen molar-refractivity contribution in [2.24, 2.45) is 0 Å². The van der Waals surface area contributed by atoms with Crippen molar-refractivity contribution in [3.05, 3.63) is 314 Å². The van der Waals surface area contributed by atoms with Crippen molar-refractivity contribution < 1.29 is 19.1 Å². The lowest BCUT2D eigenvalue weighted by Crippen LogP contribution is -2.25.